The number of nitriles is 1. The van der Waals surface area contributed by atoms with E-state index in [1.807, 2.05) is 31.2 Å². The highest BCUT2D eigenvalue weighted by Gasteiger charge is 2.28. The minimum Gasteiger partial charge on any atom is -0.387 e. The van der Waals surface area contributed by atoms with Crippen LogP contribution in [0, 0.1) is 23.7 Å². The monoisotopic (exact) mass is 189 g/mol. The van der Waals surface area contributed by atoms with Gasteiger partial charge in [0.1, 0.15) is 0 Å². The zero-order chi connectivity index (χ0) is 10.8. The molecule has 1 atom stereocenters. The molecule has 74 valence electrons. The largest absolute Gasteiger partial charge is 0.387 e. The fourth-order valence-corrected chi connectivity index (χ4v) is 1.23. The number of benzene rings is 1. The Hall–Kier alpha value is -1.33. The maximum atomic E-state index is 9.92. The fraction of sp³-hybridized carbons (Fsp3) is 0.417. The third-order valence-corrected chi connectivity index (χ3v) is 2.36. The molecule has 0 spiro atoms. The van der Waals surface area contributed by atoms with Crippen LogP contribution < -0.4 is 0 Å². The molecule has 14 heavy (non-hydrogen) atoms. The third kappa shape index (κ3) is 2.12. The summed E-state index contributed by atoms with van der Waals surface area (Å²) in [6.07, 6.45) is -0.729. The van der Waals surface area contributed by atoms with Crippen LogP contribution in [0.25, 0.3) is 0 Å². The molecule has 0 amide bonds. The van der Waals surface area contributed by atoms with E-state index in [2.05, 4.69) is 6.07 Å². The third-order valence-electron chi connectivity index (χ3n) is 2.36. The molecule has 1 rings (SSSR count). The van der Waals surface area contributed by atoms with Crippen LogP contribution in [-0.2, 0) is 0 Å². The molecule has 2 heteroatoms. The maximum Gasteiger partial charge on any atom is 0.0970 e. The van der Waals surface area contributed by atoms with E-state index in [0.29, 0.717) is 0 Å². The van der Waals surface area contributed by atoms with Crippen molar-refractivity contribution in [3.8, 4) is 6.07 Å². The lowest BCUT2D eigenvalue weighted by Crippen LogP contribution is -2.19. The minimum atomic E-state index is -0.741. The van der Waals surface area contributed by atoms with E-state index in [0.717, 1.165) is 11.1 Å². The number of nitrogens with zero attached hydrogens (tertiary/aromatic N) is 1. The van der Waals surface area contributed by atoms with Crippen molar-refractivity contribution in [2.45, 2.75) is 26.9 Å². The van der Waals surface area contributed by atoms with E-state index < -0.39 is 11.5 Å². The lowest BCUT2D eigenvalue weighted by atomic mass is 9.84. The molecule has 0 aromatic heterocycles. The first-order valence-electron chi connectivity index (χ1n) is 4.63. The smallest absolute Gasteiger partial charge is 0.0970 e. The number of hydrogen-bond donors (Lipinski definition) is 1. The number of aliphatic hydroxyl groups excluding tert-OH is 1. The lowest BCUT2D eigenvalue weighted by Gasteiger charge is -2.23. The number of rotatable bonds is 2. The summed E-state index contributed by atoms with van der Waals surface area (Å²) in [6.45, 7) is 5.46. The van der Waals surface area contributed by atoms with Crippen LogP contribution in [0.3, 0.4) is 0 Å². The minimum absolute atomic E-state index is 0.729. The number of hydrogen-bond acceptors (Lipinski definition) is 2. The quantitative estimate of drug-likeness (QED) is 0.777. The van der Waals surface area contributed by atoms with Crippen molar-refractivity contribution in [3.63, 3.8) is 0 Å². The summed E-state index contributed by atoms with van der Waals surface area (Å²) < 4.78 is 0. The summed E-state index contributed by atoms with van der Waals surface area (Å²) in [5, 5.41) is 18.8. The van der Waals surface area contributed by atoms with Gasteiger partial charge in [-0.15, -0.1) is 0 Å². The summed E-state index contributed by atoms with van der Waals surface area (Å²) in [5.74, 6) is 0. The first-order chi connectivity index (χ1) is 6.47. The van der Waals surface area contributed by atoms with Gasteiger partial charge in [-0.3, -0.25) is 0 Å². The molecule has 0 unspecified atom stereocenters. The van der Waals surface area contributed by atoms with Crippen molar-refractivity contribution in [1.29, 1.82) is 5.26 Å². The van der Waals surface area contributed by atoms with Crippen LogP contribution in [0.1, 0.15) is 31.1 Å². The van der Waals surface area contributed by atoms with Crippen molar-refractivity contribution < 1.29 is 5.11 Å². The van der Waals surface area contributed by atoms with E-state index in [1.54, 1.807) is 13.8 Å². The zero-order valence-corrected chi connectivity index (χ0v) is 8.78. The number of aryl methyl sites for hydroxylation is 1. The molecular formula is C12H15NO. The molecule has 0 saturated carbocycles. The Labute approximate surface area is 84.8 Å². The van der Waals surface area contributed by atoms with Crippen LogP contribution in [0.2, 0.25) is 0 Å². The van der Waals surface area contributed by atoms with Crippen LogP contribution in [0.15, 0.2) is 24.3 Å². The second-order valence-corrected chi connectivity index (χ2v) is 4.15. The molecule has 1 aromatic carbocycles. The van der Waals surface area contributed by atoms with Gasteiger partial charge in [0.2, 0.25) is 0 Å². The summed E-state index contributed by atoms with van der Waals surface area (Å²) >= 11 is 0. The molecule has 2 nitrogen and oxygen atoms in total. The highest BCUT2D eigenvalue weighted by atomic mass is 16.3. The molecule has 0 bridgehead atoms. The molecule has 1 N–H and O–H groups in total. The first-order valence-corrected chi connectivity index (χ1v) is 4.63. The first kappa shape index (κ1) is 10.7. The Morgan fingerprint density at radius 3 is 2.21 bits per heavy atom. The molecule has 0 saturated heterocycles. The Morgan fingerprint density at radius 1 is 1.29 bits per heavy atom. The second-order valence-electron chi connectivity index (χ2n) is 4.15. The molecule has 0 fully saturated rings. The fourth-order valence-electron chi connectivity index (χ4n) is 1.23. The Bertz CT molecular complexity index is 346. The standard InChI is InChI=1S/C12H15NO/c1-9-4-6-10(7-5-9)11(14)12(2,3)8-13/h4-7,11,14H,1-3H3/t11-/m0/s1. The van der Waals surface area contributed by atoms with Gasteiger partial charge in [0.15, 0.2) is 0 Å². The van der Waals surface area contributed by atoms with Crippen LogP contribution in [0.4, 0.5) is 0 Å². The van der Waals surface area contributed by atoms with Gasteiger partial charge in [-0.1, -0.05) is 29.8 Å². The average molecular weight is 189 g/mol. The van der Waals surface area contributed by atoms with Gasteiger partial charge >= 0.3 is 0 Å². The molecule has 1 aromatic rings. The van der Waals surface area contributed by atoms with Crippen molar-refractivity contribution >= 4 is 0 Å². The SMILES string of the molecule is Cc1ccc([C@H](O)C(C)(C)C#N)cc1. The maximum absolute atomic E-state index is 9.92. The summed E-state index contributed by atoms with van der Waals surface area (Å²) in [5.41, 5.74) is 1.20. The summed E-state index contributed by atoms with van der Waals surface area (Å²) in [6, 6.07) is 9.70. The normalized spacial score (nSPS) is 13.4. The summed E-state index contributed by atoms with van der Waals surface area (Å²) in [4.78, 5) is 0. The Balaban J connectivity index is 2.96. The van der Waals surface area contributed by atoms with Crippen LogP contribution in [-0.4, -0.2) is 5.11 Å². The average Bonchev–Trinajstić information content (AvgIpc) is 2.18. The predicted octanol–water partition coefficient (Wildman–Crippen LogP) is 2.58. The molecule has 0 heterocycles. The van der Waals surface area contributed by atoms with E-state index in [4.69, 9.17) is 5.26 Å². The van der Waals surface area contributed by atoms with E-state index >= 15 is 0 Å². The second kappa shape index (κ2) is 3.81. The molecule has 0 aliphatic rings. The van der Waals surface area contributed by atoms with E-state index in [1.165, 1.54) is 0 Å². The topological polar surface area (TPSA) is 44.0 Å². The predicted molar refractivity (Wildman–Crippen MR) is 55.5 cm³/mol. The lowest BCUT2D eigenvalue weighted by molar-refractivity contribution is 0.0868. The van der Waals surface area contributed by atoms with Gasteiger partial charge in [-0.05, 0) is 26.3 Å². The van der Waals surface area contributed by atoms with Crippen molar-refractivity contribution in [2.24, 2.45) is 5.41 Å². The zero-order valence-electron chi connectivity index (χ0n) is 8.78. The van der Waals surface area contributed by atoms with Crippen molar-refractivity contribution in [3.05, 3.63) is 35.4 Å². The Morgan fingerprint density at radius 2 is 1.79 bits per heavy atom. The highest BCUT2D eigenvalue weighted by Crippen LogP contribution is 2.32. The van der Waals surface area contributed by atoms with Gasteiger partial charge in [0.05, 0.1) is 17.6 Å². The van der Waals surface area contributed by atoms with Crippen LogP contribution in [0.5, 0.6) is 0 Å². The van der Waals surface area contributed by atoms with E-state index in [9.17, 15) is 5.11 Å². The number of aliphatic hydroxyl groups is 1. The Kier molecular flexibility index (Phi) is 2.93. The van der Waals surface area contributed by atoms with Gasteiger partial charge in [-0.25, -0.2) is 0 Å². The highest BCUT2D eigenvalue weighted by molar-refractivity contribution is 5.25. The van der Waals surface area contributed by atoms with Crippen LogP contribution >= 0.6 is 0 Å². The van der Waals surface area contributed by atoms with Gasteiger partial charge in [0, 0.05) is 0 Å². The van der Waals surface area contributed by atoms with Crippen molar-refractivity contribution in [2.75, 3.05) is 0 Å². The van der Waals surface area contributed by atoms with Gasteiger partial charge < -0.3 is 5.11 Å². The molecule has 0 aliphatic carbocycles. The van der Waals surface area contributed by atoms with Gasteiger partial charge in [0.25, 0.3) is 0 Å². The van der Waals surface area contributed by atoms with Gasteiger partial charge in [-0.2, -0.15) is 5.26 Å². The summed E-state index contributed by atoms with van der Waals surface area (Å²) in [7, 11) is 0. The molecule has 0 radical (unpaired) electrons. The van der Waals surface area contributed by atoms with E-state index in [-0.39, 0.29) is 0 Å². The molecular weight excluding hydrogens is 174 g/mol. The molecule has 0 aliphatic heterocycles. The van der Waals surface area contributed by atoms with Crippen molar-refractivity contribution in [1.82, 2.24) is 0 Å².